The van der Waals surface area contributed by atoms with E-state index < -0.39 is 13.7 Å². The first kappa shape index (κ1) is 7.39. The lowest BCUT2D eigenvalue weighted by Gasteiger charge is -2.09. The van der Waals surface area contributed by atoms with Gasteiger partial charge in [-0.3, -0.25) is 4.98 Å². The third kappa shape index (κ3) is 2.48. The highest BCUT2D eigenvalue weighted by Crippen LogP contribution is 2.28. The van der Waals surface area contributed by atoms with Crippen LogP contribution < -0.4 is 0 Å². The molecule has 0 aliphatic rings. The van der Waals surface area contributed by atoms with Crippen LogP contribution >= 0.6 is 0 Å². The standard InChI is InChI=1S/C19H17N/c1-14-8-11-19(20-13-14)17-10-9-15(2)18(12-17)16-6-4-3-5-7-16/h3-13H,1-2H3/i1D3,2D3. The summed E-state index contributed by atoms with van der Waals surface area (Å²) in [4.78, 5) is 4.24. The normalized spacial score (nSPS) is 16.2. The van der Waals surface area contributed by atoms with Crippen LogP contribution in [0, 0.1) is 13.7 Å². The number of rotatable bonds is 2. The third-order valence-corrected chi connectivity index (χ3v) is 3.16. The van der Waals surface area contributed by atoms with E-state index in [1.807, 2.05) is 30.3 Å². The van der Waals surface area contributed by atoms with Crippen molar-refractivity contribution in [2.45, 2.75) is 13.7 Å². The van der Waals surface area contributed by atoms with Gasteiger partial charge in [0.2, 0.25) is 0 Å². The number of hydrogen-bond acceptors (Lipinski definition) is 1. The van der Waals surface area contributed by atoms with Crippen molar-refractivity contribution in [3.63, 3.8) is 0 Å². The van der Waals surface area contributed by atoms with Crippen LogP contribution in [0.1, 0.15) is 19.4 Å². The predicted molar refractivity (Wildman–Crippen MR) is 84.6 cm³/mol. The Bertz CT molecular complexity index is 896. The monoisotopic (exact) mass is 265 g/mol. The Kier molecular flexibility index (Phi) is 1.96. The van der Waals surface area contributed by atoms with Gasteiger partial charge in [0.1, 0.15) is 0 Å². The summed E-state index contributed by atoms with van der Waals surface area (Å²) in [5, 5.41) is 0. The molecular weight excluding hydrogens is 242 g/mol. The van der Waals surface area contributed by atoms with E-state index in [1.54, 1.807) is 24.3 Å². The maximum Gasteiger partial charge on any atom is 0.0702 e. The second kappa shape index (κ2) is 5.30. The number of nitrogens with zero attached hydrogens (tertiary/aromatic N) is 1. The molecular formula is C19H17N. The van der Waals surface area contributed by atoms with Gasteiger partial charge in [-0.1, -0.05) is 48.5 Å². The summed E-state index contributed by atoms with van der Waals surface area (Å²) < 4.78 is 45.6. The maximum atomic E-state index is 7.79. The van der Waals surface area contributed by atoms with E-state index in [0.29, 0.717) is 11.3 Å². The molecule has 1 heterocycles. The van der Waals surface area contributed by atoms with Crippen LogP contribution in [-0.4, -0.2) is 4.98 Å². The Morgan fingerprint density at radius 1 is 0.850 bits per heavy atom. The summed E-state index contributed by atoms with van der Waals surface area (Å²) in [6, 6.07) is 17.5. The average Bonchev–Trinajstić information content (AvgIpc) is 2.60. The van der Waals surface area contributed by atoms with Crippen molar-refractivity contribution in [3.05, 3.63) is 78.0 Å². The first-order valence-corrected chi connectivity index (χ1v) is 6.33. The van der Waals surface area contributed by atoms with Gasteiger partial charge in [-0.15, -0.1) is 0 Å². The number of aromatic nitrogens is 1. The second-order valence-corrected chi connectivity index (χ2v) is 4.56. The van der Waals surface area contributed by atoms with Gasteiger partial charge in [0.15, 0.2) is 0 Å². The summed E-state index contributed by atoms with van der Waals surface area (Å²) >= 11 is 0. The zero-order valence-electron chi connectivity index (χ0n) is 16.8. The van der Waals surface area contributed by atoms with E-state index in [-0.39, 0.29) is 11.1 Å². The average molecular weight is 265 g/mol. The van der Waals surface area contributed by atoms with Gasteiger partial charge < -0.3 is 0 Å². The first-order valence-electron chi connectivity index (χ1n) is 9.33. The quantitative estimate of drug-likeness (QED) is 0.633. The van der Waals surface area contributed by atoms with Gasteiger partial charge in [0.05, 0.1) is 5.69 Å². The molecule has 3 rings (SSSR count). The minimum absolute atomic E-state index is 0.170. The highest BCUT2D eigenvalue weighted by atomic mass is 14.7. The van der Waals surface area contributed by atoms with E-state index in [1.165, 1.54) is 12.3 Å². The molecule has 0 radical (unpaired) electrons. The van der Waals surface area contributed by atoms with Gasteiger partial charge in [-0.25, -0.2) is 0 Å². The van der Waals surface area contributed by atoms with Crippen molar-refractivity contribution in [3.8, 4) is 22.4 Å². The van der Waals surface area contributed by atoms with Gasteiger partial charge in [0.25, 0.3) is 0 Å². The Morgan fingerprint density at radius 2 is 1.75 bits per heavy atom. The van der Waals surface area contributed by atoms with Gasteiger partial charge in [-0.2, -0.15) is 0 Å². The topological polar surface area (TPSA) is 12.9 Å². The molecule has 0 amide bonds. The molecule has 2 aromatic carbocycles. The van der Waals surface area contributed by atoms with Crippen LogP contribution in [0.2, 0.25) is 0 Å². The minimum atomic E-state index is -2.23. The summed E-state index contributed by atoms with van der Waals surface area (Å²) in [5.74, 6) is 0. The molecule has 0 unspecified atom stereocenters. The summed E-state index contributed by atoms with van der Waals surface area (Å²) in [7, 11) is 0. The highest BCUT2D eigenvalue weighted by Gasteiger charge is 2.05. The summed E-state index contributed by atoms with van der Waals surface area (Å²) in [6.45, 7) is -4.44. The van der Waals surface area contributed by atoms with Crippen molar-refractivity contribution in [1.29, 1.82) is 0 Å². The van der Waals surface area contributed by atoms with Gasteiger partial charge >= 0.3 is 0 Å². The lowest BCUT2D eigenvalue weighted by Crippen LogP contribution is -1.88. The molecule has 20 heavy (non-hydrogen) atoms. The number of benzene rings is 2. The number of hydrogen-bond donors (Lipinski definition) is 0. The van der Waals surface area contributed by atoms with Gasteiger partial charge in [0, 0.05) is 20.0 Å². The molecule has 1 aromatic heterocycles. The van der Waals surface area contributed by atoms with Crippen LogP contribution in [-0.2, 0) is 0 Å². The molecule has 0 fully saturated rings. The Labute approximate surface area is 128 Å². The first-order chi connectivity index (χ1) is 12.2. The van der Waals surface area contributed by atoms with Crippen molar-refractivity contribution in [2.24, 2.45) is 0 Å². The Morgan fingerprint density at radius 3 is 2.45 bits per heavy atom. The molecule has 1 heteroatoms. The molecule has 1 nitrogen and oxygen atoms in total. The zero-order chi connectivity index (χ0) is 18.9. The fourth-order valence-electron chi connectivity index (χ4n) is 2.12. The van der Waals surface area contributed by atoms with Crippen LogP contribution in [0.4, 0.5) is 0 Å². The lowest BCUT2D eigenvalue weighted by atomic mass is 9.97. The van der Waals surface area contributed by atoms with Crippen molar-refractivity contribution < 1.29 is 8.22 Å². The molecule has 0 N–H and O–H groups in total. The zero-order valence-corrected chi connectivity index (χ0v) is 10.8. The van der Waals surface area contributed by atoms with Crippen LogP contribution in [0.3, 0.4) is 0 Å². The van der Waals surface area contributed by atoms with Crippen LogP contribution in [0.5, 0.6) is 0 Å². The van der Waals surface area contributed by atoms with E-state index >= 15 is 0 Å². The Hall–Kier alpha value is -2.41. The van der Waals surface area contributed by atoms with E-state index in [9.17, 15) is 0 Å². The van der Waals surface area contributed by atoms with Crippen LogP contribution in [0.15, 0.2) is 66.9 Å². The van der Waals surface area contributed by atoms with Crippen molar-refractivity contribution >= 4 is 0 Å². The lowest BCUT2D eigenvalue weighted by molar-refractivity contribution is 1.27. The Balaban J connectivity index is 2.10. The molecule has 0 saturated carbocycles. The molecule has 0 saturated heterocycles. The van der Waals surface area contributed by atoms with Crippen molar-refractivity contribution in [1.82, 2.24) is 4.98 Å². The minimum Gasteiger partial charge on any atom is -0.256 e. The molecule has 0 bridgehead atoms. The second-order valence-electron chi connectivity index (χ2n) is 4.56. The van der Waals surface area contributed by atoms with Crippen LogP contribution in [0.25, 0.3) is 22.4 Å². The smallest absolute Gasteiger partial charge is 0.0702 e. The van der Waals surface area contributed by atoms with E-state index in [4.69, 9.17) is 8.22 Å². The number of aryl methyl sites for hydroxylation is 2. The molecule has 98 valence electrons. The molecule has 0 aliphatic heterocycles. The fourth-order valence-corrected chi connectivity index (χ4v) is 2.12. The maximum absolute atomic E-state index is 7.79. The fraction of sp³-hybridized carbons (Fsp3) is 0.105. The summed E-state index contributed by atoms with van der Waals surface area (Å²) in [6.07, 6.45) is 1.34. The molecule has 0 aliphatic carbocycles. The van der Waals surface area contributed by atoms with E-state index in [2.05, 4.69) is 4.98 Å². The number of pyridine rings is 1. The molecule has 0 spiro atoms. The molecule has 3 aromatic rings. The van der Waals surface area contributed by atoms with E-state index in [0.717, 1.165) is 11.1 Å². The highest BCUT2D eigenvalue weighted by molar-refractivity contribution is 5.74. The largest absolute Gasteiger partial charge is 0.256 e. The van der Waals surface area contributed by atoms with Gasteiger partial charge in [-0.05, 0) is 48.1 Å². The van der Waals surface area contributed by atoms with Crippen molar-refractivity contribution in [2.75, 3.05) is 0 Å². The summed E-state index contributed by atoms with van der Waals surface area (Å²) in [5.41, 5.74) is 3.18. The predicted octanol–water partition coefficient (Wildman–Crippen LogP) is 5.03. The molecule has 0 atom stereocenters. The third-order valence-electron chi connectivity index (χ3n) is 3.16. The SMILES string of the molecule is [2H]C([2H])([2H])c1ccc(-c2ccc(C([2H])([2H])[2H])c(-c3ccccc3)c2)nc1.